The third-order valence-electron chi connectivity index (χ3n) is 4.44. The first-order chi connectivity index (χ1) is 12.3. The number of hydrogen-bond acceptors (Lipinski definition) is 6. The van der Waals surface area contributed by atoms with Gasteiger partial charge in [0.1, 0.15) is 11.4 Å². The van der Waals surface area contributed by atoms with E-state index >= 15 is 0 Å². The highest BCUT2D eigenvalue weighted by Crippen LogP contribution is 2.29. The number of dihydropyridines is 1. The summed E-state index contributed by atoms with van der Waals surface area (Å²) in [6, 6.07) is 5.70. The number of aromatic nitrogens is 3. The quantitative estimate of drug-likeness (QED) is 0.925. The average Bonchev–Trinajstić information content (AvgIpc) is 3.23. The van der Waals surface area contributed by atoms with E-state index in [-0.39, 0.29) is 0 Å². The second-order valence-corrected chi connectivity index (χ2v) is 6.05. The van der Waals surface area contributed by atoms with Crippen LogP contribution in [-0.4, -0.2) is 46.6 Å². The van der Waals surface area contributed by atoms with Crippen LogP contribution in [-0.2, 0) is 0 Å². The molecule has 4 rings (SSSR count). The molecule has 6 nitrogen and oxygen atoms in total. The Balaban J connectivity index is 1.72. The molecule has 1 fully saturated rings. The maximum Gasteiger partial charge on any atom is 0.178 e. The molecule has 0 atom stereocenters. The van der Waals surface area contributed by atoms with Gasteiger partial charge in [-0.05, 0) is 31.1 Å². The summed E-state index contributed by atoms with van der Waals surface area (Å²) in [7, 11) is 1.63. The fourth-order valence-corrected chi connectivity index (χ4v) is 3.15. The van der Waals surface area contributed by atoms with E-state index in [2.05, 4.69) is 32.5 Å². The lowest BCUT2D eigenvalue weighted by molar-refractivity contribution is 0.407. The molecule has 2 aromatic heterocycles. The summed E-state index contributed by atoms with van der Waals surface area (Å²) in [6.07, 6.45) is 11.3. The molecule has 2 aromatic rings. The van der Waals surface area contributed by atoms with E-state index in [0.717, 1.165) is 36.6 Å². The normalized spacial score (nSPS) is 16.9. The van der Waals surface area contributed by atoms with Crippen LogP contribution in [0.25, 0.3) is 17.1 Å². The third-order valence-corrected chi connectivity index (χ3v) is 4.44. The van der Waals surface area contributed by atoms with Crippen molar-refractivity contribution in [3.05, 3.63) is 54.3 Å². The standard InChI is InChI=1S/C19H20N5O/c1-25-17-13-22-19(16-6-2-3-7-21-16)23-18(17)14-10-15(12-20-11-14)24-8-4-5-9-24/h2-3,6-7,10,13,20H,4-5,8-9,12H2,1H3. The van der Waals surface area contributed by atoms with Crippen molar-refractivity contribution in [1.82, 2.24) is 25.2 Å². The summed E-state index contributed by atoms with van der Waals surface area (Å²) >= 11 is 0. The number of nitrogens with zero attached hydrogens (tertiary/aromatic N) is 4. The van der Waals surface area contributed by atoms with Crippen LogP contribution in [0.5, 0.6) is 5.75 Å². The third kappa shape index (κ3) is 3.20. The maximum atomic E-state index is 5.47. The first-order valence-electron chi connectivity index (χ1n) is 8.49. The van der Waals surface area contributed by atoms with Crippen LogP contribution in [0.1, 0.15) is 18.5 Å². The molecule has 0 saturated carbocycles. The molecule has 6 heteroatoms. The van der Waals surface area contributed by atoms with Crippen LogP contribution >= 0.6 is 0 Å². The predicted molar refractivity (Wildman–Crippen MR) is 95.4 cm³/mol. The van der Waals surface area contributed by atoms with Gasteiger partial charge in [0.2, 0.25) is 0 Å². The number of nitrogens with one attached hydrogen (secondary N) is 1. The highest BCUT2D eigenvalue weighted by Gasteiger charge is 2.20. The van der Waals surface area contributed by atoms with Crippen LogP contribution in [0.15, 0.2) is 42.4 Å². The van der Waals surface area contributed by atoms with E-state index in [9.17, 15) is 0 Å². The van der Waals surface area contributed by atoms with Crippen molar-refractivity contribution in [2.24, 2.45) is 0 Å². The van der Waals surface area contributed by atoms with Gasteiger partial charge in [0.05, 0.1) is 26.1 Å². The Kier molecular flexibility index (Phi) is 4.33. The summed E-state index contributed by atoms with van der Waals surface area (Å²) in [6.45, 7) is 3.02. The number of rotatable bonds is 4. The van der Waals surface area contributed by atoms with Crippen molar-refractivity contribution in [3.63, 3.8) is 0 Å². The molecule has 0 unspecified atom stereocenters. The van der Waals surface area contributed by atoms with Gasteiger partial charge >= 0.3 is 0 Å². The summed E-state index contributed by atoms with van der Waals surface area (Å²) < 4.78 is 5.47. The minimum Gasteiger partial charge on any atom is -0.493 e. The Morgan fingerprint density at radius 1 is 1.20 bits per heavy atom. The lowest BCUT2D eigenvalue weighted by Gasteiger charge is -2.25. The van der Waals surface area contributed by atoms with Crippen molar-refractivity contribution in [2.45, 2.75) is 12.8 Å². The zero-order chi connectivity index (χ0) is 17.1. The molecule has 2 aliphatic rings. The largest absolute Gasteiger partial charge is 0.493 e. The minimum absolute atomic E-state index is 0.576. The molecule has 4 heterocycles. The van der Waals surface area contributed by atoms with Gasteiger partial charge in [0.25, 0.3) is 0 Å². The van der Waals surface area contributed by atoms with E-state index < -0.39 is 0 Å². The van der Waals surface area contributed by atoms with Crippen molar-refractivity contribution in [1.29, 1.82) is 0 Å². The van der Waals surface area contributed by atoms with E-state index in [1.807, 2.05) is 18.2 Å². The van der Waals surface area contributed by atoms with Gasteiger partial charge in [-0.2, -0.15) is 0 Å². The topological polar surface area (TPSA) is 63.2 Å². The Morgan fingerprint density at radius 2 is 2.08 bits per heavy atom. The highest BCUT2D eigenvalue weighted by atomic mass is 16.5. The van der Waals surface area contributed by atoms with Crippen molar-refractivity contribution >= 4 is 5.57 Å². The Hall–Kier alpha value is -2.89. The Morgan fingerprint density at radius 3 is 2.84 bits per heavy atom. The smallest absolute Gasteiger partial charge is 0.178 e. The fraction of sp³-hybridized carbons (Fsp3) is 0.316. The molecule has 0 bridgehead atoms. The van der Waals surface area contributed by atoms with E-state index in [1.165, 1.54) is 18.5 Å². The number of allylic oxidation sites excluding steroid dienone is 2. The van der Waals surface area contributed by atoms with Crippen molar-refractivity contribution in [3.8, 4) is 17.3 Å². The monoisotopic (exact) mass is 334 g/mol. The van der Waals surface area contributed by atoms with Gasteiger partial charge in [-0.25, -0.2) is 9.97 Å². The number of pyridine rings is 1. The molecule has 127 valence electrons. The van der Waals surface area contributed by atoms with E-state index in [4.69, 9.17) is 9.72 Å². The summed E-state index contributed by atoms with van der Waals surface area (Å²) in [5.74, 6) is 1.20. The molecular weight excluding hydrogens is 314 g/mol. The van der Waals surface area contributed by atoms with E-state index in [1.54, 1.807) is 19.5 Å². The van der Waals surface area contributed by atoms with Gasteiger partial charge in [0, 0.05) is 30.6 Å². The molecular formula is C19H20N5O. The average molecular weight is 334 g/mol. The van der Waals surface area contributed by atoms with Gasteiger partial charge in [-0.3, -0.25) is 4.98 Å². The summed E-state index contributed by atoms with van der Waals surface area (Å²) in [5, 5.41) is 3.24. The molecule has 0 amide bonds. The van der Waals surface area contributed by atoms with Gasteiger partial charge < -0.3 is 15.0 Å². The van der Waals surface area contributed by atoms with Gasteiger partial charge in [-0.15, -0.1) is 0 Å². The number of methoxy groups -OCH3 is 1. The van der Waals surface area contributed by atoms with Crippen LogP contribution in [0, 0.1) is 6.20 Å². The number of hydrogen-bond donors (Lipinski definition) is 1. The Labute approximate surface area is 147 Å². The summed E-state index contributed by atoms with van der Waals surface area (Å²) in [4.78, 5) is 15.8. The fourth-order valence-electron chi connectivity index (χ4n) is 3.15. The second kappa shape index (κ2) is 6.93. The van der Waals surface area contributed by atoms with Crippen LogP contribution in [0.4, 0.5) is 0 Å². The van der Waals surface area contributed by atoms with Gasteiger partial charge in [0.15, 0.2) is 11.6 Å². The lowest BCUT2D eigenvalue weighted by atomic mass is 10.1. The SMILES string of the molecule is COc1cnc(-c2ccccn2)nc1C1=[C]NCC(N2CCCC2)=C1. The molecule has 25 heavy (non-hydrogen) atoms. The lowest BCUT2D eigenvalue weighted by Crippen LogP contribution is -2.28. The molecule has 0 aromatic carbocycles. The maximum absolute atomic E-state index is 5.47. The van der Waals surface area contributed by atoms with Gasteiger partial charge in [-0.1, -0.05) is 6.07 Å². The van der Waals surface area contributed by atoms with Crippen molar-refractivity contribution in [2.75, 3.05) is 26.7 Å². The molecule has 0 aliphatic carbocycles. The van der Waals surface area contributed by atoms with E-state index in [0.29, 0.717) is 11.6 Å². The minimum atomic E-state index is 0.576. The van der Waals surface area contributed by atoms with Crippen molar-refractivity contribution < 1.29 is 4.74 Å². The zero-order valence-electron chi connectivity index (χ0n) is 14.2. The van der Waals surface area contributed by atoms with Crippen LogP contribution in [0.2, 0.25) is 0 Å². The molecule has 1 N–H and O–H groups in total. The first kappa shape index (κ1) is 15.6. The molecule has 1 saturated heterocycles. The first-order valence-corrected chi connectivity index (χ1v) is 8.49. The number of ether oxygens (including phenoxy) is 1. The van der Waals surface area contributed by atoms with Crippen LogP contribution < -0.4 is 10.1 Å². The van der Waals surface area contributed by atoms with Crippen LogP contribution in [0.3, 0.4) is 0 Å². The predicted octanol–water partition coefficient (Wildman–Crippen LogP) is 2.27. The highest BCUT2D eigenvalue weighted by molar-refractivity contribution is 5.75. The number of likely N-dealkylation sites (tertiary alicyclic amines) is 1. The Bertz CT molecular complexity index is 810. The zero-order valence-corrected chi connectivity index (χ0v) is 14.2. The summed E-state index contributed by atoms with van der Waals surface area (Å²) in [5.41, 5.74) is 3.61. The second-order valence-electron chi connectivity index (χ2n) is 6.05. The molecule has 1 radical (unpaired) electrons. The molecule has 0 spiro atoms. The molecule has 2 aliphatic heterocycles.